The van der Waals surface area contributed by atoms with Gasteiger partial charge < -0.3 is 54.2 Å². The van der Waals surface area contributed by atoms with Crippen LogP contribution < -0.4 is 35.9 Å². The van der Waals surface area contributed by atoms with Crippen LogP contribution in [0.15, 0.2) is 122 Å². The lowest BCUT2D eigenvalue weighted by atomic mass is 9.86. The third kappa shape index (κ3) is 28.1. The Morgan fingerprint density at radius 1 is 0.504 bits per heavy atom. The molecule has 113 heavy (non-hydrogen) atoms. The maximum Gasteiger partial charge on any atom is 0.407 e. The molecule has 8 aromatic rings. The summed E-state index contributed by atoms with van der Waals surface area (Å²) in [6, 6.07) is 16.4. The molecular weight excluding hydrogens is 1590 g/mol. The number of benzene rings is 3. The Morgan fingerprint density at radius 2 is 0.850 bits per heavy atom. The van der Waals surface area contributed by atoms with Crippen molar-refractivity contribution in [2.24, 2.45) is 5.73 Å². The van der Waals surface area contributed by atoms with E-state index in [1.165, 1.54) is 49.4 Å². The fourth-order valence-electron chi connectivity index (χ4n) is 13.0. The van der Waals surface area contributed by atoms with Crippen LogP contribution in [0.5, 0.6) is 0 Å². The van der Waals surface area contributed by atoms with E-state index in [4.69, 9.17) is 45.1 Å². The quantitative estimate of drug-likeness (QED) is 0.0125. The molecule has 0 aliphatic heterocycles. The van der Waals surface area contributed by atoms with Crippen LogP contribution >= 0.6 is 45.6 Å². The summed E-state index contributed by atoms with van der Waals surface area (Å²) in [6.07, 6.45) is 21.5. The SMILES string of the molecule is CC(C)OC(=O)Cl.CCNS(=O)(=O)c1cc(CC(=O)NCC(OC)OC)ccc1-c1cnc(C2CCC(NC(=O)OC(C)C)CC2)s1.CCNS(=O)(=O)c1cc(Cc2ncco2)ccc1-c1cnc(C2CCC(N)CC2)s1.CCNS(=O)(=O)c1cc(Cc2ncco2)ccc1-c1cnc(C2CCC(NC(=O)OC(C)C)CC2)s1. The Hall–Kier alpha value is -7.65. The second-order valence-corrected chi connectivity index (χ2v) is 36.8. The van der Waals surface area contributed by atoms with Crippen LogP contribution in [-0.4, -0.2) is 157 Å². The summed E-state index contributed by atoms with van der Waals surface area (Å²) in [7, 11) is -8.21. The molecule has 11 rings (SSSR count). The van der Waals surface area contributed by atoms with Gasteiger partial charge >= 0.3 is 17.6 Å². The molecule has 3 aliphatic rings. The molecule has 36 heteroatoms. The normalized spacial score (nSPS) is 17.9. The van der Waals surface area contributed by atoms with Crippen LogP contribution in [-0.2, 0) is 77.8 Å². The number of rotatable bonds is 30. The predicted octanol–water partition coefficient (Wildman–Crippen LogP) is 13.8. The van der Waals surface area contributed by atoms with Crippen molar-refractivity contribution in [3.05, 3.63) is 142 Å². The van der Waals surface area contributed by atoms with E-state index in [-0.39, 0.29) is 101 Å². The van der Waals surface area contributed by atoms with Crippen molar-refractivity contribution in [2.45, 2.75) is 234 Å². The molecule has 3 amide bonds. The van der Waals surface area contributed by atoms with E-state index in [2.05, 4.69) is 59.8 Å². The van der Waals surface area contributed by atoms with Crippen molar-refractivity contribution in [3.8, 4) is 31.3 Å². The molecule has 5 heterocycles. The smallest absolute Gasteiger partial charge is 0.407 e. The molecule has 0 radical (unpaired) electrons. The Bertz CT molecular complexity index is 4680. The molecular formula is C77H105ClN12O17S6. The maximum absolute atomic E-state index is 13.2. The zero-order chi connectivity index (χ0) is 82.0. The van der Waals surface area contributed by atoms with Gasteiger partial charge in [0.05, 0.1) is 88.0 Å². The first-order valence-corrected chi connectivity index (χ1v) is 45.1. The zero-order valence-corrected chi connectivity index (χ0v) is 71.2. The summed E-state index contributed by atoms with van der Waals surface area (Å²) in [6.45, 7) is 17.0. The van der Waals surface area contributed by atoms with Crippen LogP contribution in [0.2, 0.25) is 0 Å². The van der Waals surface area contributed by atoms with Gasteiger partial charge in [-0.25, -0.2) is 78.7 Å². The first kappa shape index (κ1) is 90.9. The van der Waals surface area contributed by atoms with Crippen LogP contribution in [0.25, 0.3) is 31.3 Å². The highest BCUT2D eigenvalue weighted by molar-refractivity contribution is 7.90. The van der Waals surface area contributed by atoms with Crippen LogP contribution in [0, 0.1) is 0 Å². The van der Waals surface area contributed by atoms with Gasteiger partial charge in [-0.05, 0) is 153 Å². The number of ether oxygens (including phenoxy) is 5. The lowest BCUT2D eigenvalue weighted by Crippen LogP contribution is -2.38. The minimum atomic E-state index is -3.82. The number of aromatic nitrogens is 5. The Labute approximate surface area is 679 Å². The van der Waals surface area contributed by atoms with Gasteiger partial charge in [0.2, 0.25) is 36.0 Å². The van der Waals surface area contributed by atoms with Crippen LogP contribution in [0.1, 0.15) is 201 Å². The molecule has 618 valence electrons. The number of hydrogen-bond acceptors (Lipinski definition) is 26. The average Bonchev–Trinajstić information content (AvgIpc) is 1.78. The number of alkyl carbamates (subject to hydrolysis) is 2. The predicted molar refractivity (Wildman–Crippen MR) is 435 cm³/mol. The molecule has 5 aromatic heterocycles. The number of nitrogens with zero attached hydrogens (tertiary/aromatic N) is 5. The van der Waals surface area contributed by atoms with Crippen molar-refractivity contribution < 1.29 is 77.0 Å². The number of sulfonamides is 3. The second kappa shape index (κ2) is 43.9. The molecule has 3 aliphatic carbocycles. The molecule has 0 saturated heterocycles. The summed E-state index contributed by atoms with van der Waals surface area (Å²) in [4.78, 5) is 71.3. The van der Waals surface area contributed by atoms with E-state index >= 15 is 0 Å². The molecule has 8 N–H and O–H groups in total. The number of nitrogens with one attached hydrogen (secondary N) is 6. The fraction of sp³-hybridized carbons (Fsp3) is 0.519. The van der Waals surface area contributed by atoms with Crippen molar-refractivity contribution in [1.82, 2.24) is 55.0 Å². The molecule has 3 aromatic carbocycles. The molecule has 0 atom stereocenters. The maximum atomic E-state index is 13.2. The lowest BCUT2D eigenvalue weighted by molar-refractivity contribution is -0.126. The zero-order valence-electron chi connectivity index (χ0n) is 65.5. The fourth-order valence-corrected chi connectivity index (χ4v) is 20.7. The minimum Gasteiger partial charge on any atom is -0.451 e. The second-order valence-electron chi connectivity index (χ2n) is 28.1. The monoisotopic (exact) mass is 1700 g/mol. The largest absolute Gasteiger partial charge is 0.451 e. The number of carbonyl (C=O) groups excluding carboxylic acids is 4. The van der Waals surface area contributed by atoms with E-state index in [1.54, 1.807) is 107 Å². The lowest BCUT2D eigenvalue weighted by Gasteiger charge is -2.28. The van der Waals surface area contributed by atoms with Crippen molar-refractivity contribution in [2.75, 3.05) is 40.4 Å². The molecule has 3 fully saturated rings. The minimum absolute atomic E-state index is 0.00496. The van der Waals surface area contributed by atoms with Crippen LogP contribution in [0.4, 0.5) is 14.4 Å². The average molecular weight is 1700 g/mol. The topological polar surface area (TPSA) is 406 Å². The number of carbonyl (C=O) groups is 4. The Morgan fingerprint density at radius 3 is 1.16 bits per heavy atom. The van der Waals surface area contributed by atoms with Gasteiger partial charge in [-0.3, -0.25) is 4.79 Å². The number of thiazole rings is 3. The summed E-state index contributed by atoms with van der Waals surface area (Å²) >= 11 is 9.40. The molecule has 0 spiro atoms. The van der Waals surface area contributed by atoms with Gasteiger partial charge in [-0.1, -0.05) is 57.2 Å². The molecule has 0 unspecified atom stereocenters. The third-order valence-electron chi connectivity index (χ3n) is 18.3. The highest BCUT2D eigenvalue weighted by Gasteiger charge is 2.32. The summed E-state index contributed by atoms with van der Waals surface area (Å²) in [5.74, 6) is 1.71. The molecule has 3 saturated carbocycles. The van der Waals surface area contributed by atoms with Gasteiger partial charge in [0.1, 0.15) is 12.5 Å². The Balaban J connectivity index is 0.000000205. The molecule has 29 nitrogen and oxygen atoms in total. The van der Waals surface area contributed by atoms with Gasteiger partial charge in [-0.2, -0.15) is 0 Å². The van der Waals surface area contributed by atoms with Gasteiger partial charge in [0.25, 0.3) is 0 Å². The number of halogens is 1. The van der Waals surface area contributed by atoms with E-state index in [9.17, 15) is 44.4 Å². The van der Waals surface area contributed by atoms with E-state index < -0.39 is 41.8 Å². The van der Waals surface area contributed by atoms with Crippen molar-refractivity contribution >= 4 is 99.2 Å². The van der Waals surface area contributed by atoms with Gasteiger partial charge in [0, 0.05) is 129 Å². The van der Waals surface area contributed by atoms with Gasteiger partial charge in [-0.15, -0.1) is 34.0 Å². The van der Waals surface area contributed by atoms with E-state index in [0.29, 0.717) is 65.9 Å². The third-order valence-corrected chi connectivity index (χ3v) is 26.8. The molecule has 0 bridgehead atoms. The first-order valence-electron chi connectivity index (χ1n) is 37.8. The first-order chi connectivity index (χ1) is 53.9. The van der Waals surface area contributed by atoms with Crippen LogP contribution in [0.3, 0.4) is 0 Å². The highest BCUT2D eigenvalue weighted by Crippen LogP contribution is 2.43. The number of amides is 3. The number of nitrogens with two attached hydrogens (primary N) is 1. The number of oxazole rings is 2. The number of hydrogen-bond donors (Lipinski definition) is 7. The number of methoxy groups -OCH3 is 2. The summed E-state index contributed by atoms with van der Waals surface area (Å²) in [5.41, 5.74) is 9.31. The van der Waals surface area contributed by atoms with E-state index in [1.807, 2.05) is 52.0 Å². The van der Waals surface area contributed by atoms with Crippen molar-refractivity contribution in [3.63, 3.8) is 0 Å². The van der Waals surface area contributed by atoms with Crippen molar-refractivity contribution in [1.29, 1.82) is 0 Å². The summed E-state index contributed by atoms with van der Waals surface area (Å²) in [5, 5.41) is 11.6. The standard InChI is InChI=1S/C27H40N4O7S2.C25H32N4O5S2.C21H26N4O3S2.C4H7ClO2/c1-6-30-40(34,35)23-13-18(14-24(32)28-16-25(36-4)37-5)7-12-21(23)22-15-29-26(39-22)19-8-10-20(11-9-19)31-27(33)38-17(2)3;1-4-28-36(31,32)22-13-17(14-23-26-11-12-33-23)5-10-20(22)21-15-27-24(35-21)18-6-8-19(9-7-18)29-25(30)34-16(2)3;1-2-25-30(26,27)19-11-14(12-20-23-9-10-28-20)3-8-17(19)18-13-24-21(29-18)15-4-6-16(22)7-5-15;1-3(2)7-4(5)6/h7,12-13,15,17,19-20,25,30H,6,8-11,14,16H2,1-5H3,(H,28,32)(H,31,33);5,10-13,15-16,18-19,28H,4,6-9,14H2,1-3H3,(H,29,30);3,8-11,13,15-16,25H,2,4-7,12,22H2,1H3;3H,1-2H3. The highest BCUT2D eigenvalue weighted by atomic mass is 35.5. The van der Waals surface area contributed by atoms with Gasteiger partial charge in [0.15, 0.2) is 18.1 Å². The Kier molecular flexibility index (Phi) is 35.3. The van der Waals surface area contributed by atoms with E-state index in [0.717, 1.165) is 118 Å². The summed E-state index contributed by atoms with van der Waals surface area (Å²) < 4.78 is 122.